The summed E-state index contributed by atoms with van der Waals surface area (Å²) in [5.74, 6) is -2.21. The maximum atomic E-state index is 11.9. The maximum absolute atomic E-state index is 11.9. The molecule has 0 atom stereocenters. The van der Waals surface area contributed by atoms with Crippen LogP contribution in [0.5, 0.6) is 0 Å². The standard InChI is InChI=1S/C10H12F2N2O2.Na/c1-3-14-6(2)7(5-13-14)8(15)4-9(16)10(11)12;/h4-5,10,16H,3H2,1-2H3;/q;+1/p-1/b9-4-;. The van der Waals surface area contributed by atoms with Crippen molar-refractivity contribution in [2.45, 2.75) is 26.8 Å². The van der Waals surface area contributed by atoms with Crippen LogP contribution in [0.3, 0.4) is 0 Å². The van der Waals surface area contributed by atoms with Crippen LogP contribution in [0.4, 0.5) is 8.78 Å². The molecule has 0 aliphatic heterocycles. The number of allylic oxidation sites excluding steroid dienone is 2. The summed E-state index contributed by atoms with van der Waals surface area (Å²) in [7, 11) is 0. The van der Waals surface area contributed by atoms with Crippen molar-refractivity contribution in [3.8, 4) is 0 Å². The molecule has 88 valence electrons. The number of carbonyl (C=O) groups is 1. The van der Waals surface area contributed by atoms with E-state index in [-0.39, 0.29) is 35.1 Å². The Morgan fingerprint density at radius 1 is 1.65 bits per heavy atom. The van der Waals surface area contributed by atoms with E-state index in [4.69, 9.17) is 0 Å². The molecule has 17 heavy (non-hydrogen) atoms. The third-order valence-electron chi connectivity index (χ3n) is 2.16. The molecule has 0 saturated carbocycles. The molecule has 1 heterocycles. The Labute approximate surface area is 120 Å². The third-order valence-corrected chi connectivity index (χ3v) is 2.16. The van der Waals surface area contributed by atoms with Crippen molar-refractivity contribution in [1.29, 1.82) is 0 Å². The number of alkyl halides is 2. The van der Waals surface area contributed by atoms with Gasteiger partial charge in [0.2, 0.25) is 6.43 Å². The summed E-state index contributed by atoms with van der Waals surface area (Å²) in [5.41, 5.74) is 0.738. The molecule has 0 amide bonds. The molecule has 7 heteroatoms. The van der Waals surface area contributed by atoms with E-state index in [9.17, 15) is 18.7 Å². The second-order valence-electron chi connectivity index (χ2n) is 3.17. The fraction of sp³-hybridized carbons (Fsp3) is 0.400. The fourth-order valence-corrected chi connectivity index (χ4v) is 1.28. The van der Waals surface area contributed by atoms with Crippen LogP contribution in [0, 0.1) is 6.92 Å². The molecule has 0 N–H and O–H groups in total. The molecule has 0 aromatic carbocycles. The molecule has 0 fully saturated rings. The molecular weight excluding hydrogens is 241 g/mol. The van der Waals surface area contributed by atoms with Crippen LogP contribution in [0.25, 0.3) is 0 Å². The molecule has 0 radical (unpaired) electrons. The summed E-state index contributed by atoms with van der Waals surface area (Å²) in [5, 5.41) is 14.5. The molecule has 1 aromatic heterocycles. The smallest absolute Gasteiger partial charge is 0.872 e. The van der Waals surface area contributed by atoms with Gasteiger partial charge in [0.1, 0.15) is 0 Å². The molecule has 0 saturated heterocycles. The van der Waals surface area contributed by atoms with Crippen LogP contribution in [0.15, 0.2) is 18.0 Å². The molecule has 4 nitrogen and oxygen atoms in total. The first-order valence-electron chi connectivity index (χ1n) is 4.70. The maximum Gasteiger partial charge on any atom is 1.00 e. The van der Waals surface area contributed by atoms with Crippen molar-refractivity contribution in [1.82, 2.24) is 9.78 Å². The summed E-state index contributed by atoms with van der Waals surface area (Å²) >= 11 is 0. The Balaban J connectivity index is 0.00000256. The normalized spacial score (nSPS) is 11.5. The van der Waals surface area contributed by atoms with Crippen LogP contribution in [-0.2, 0) is 6.54 Å². The Hall–Kier alpha value is -0.720. The second kappa shape index (κ2) is 6.88. The van der Waals surface area contributed by atoms with E-state index < -0.39 is 18.0 Å². The SMILES string of the molecule is CCn1ncc(C(=O)/C=C(\[O-])C(F)F)c1C.[Na+]. The monoisotopic (exact) mass is 252 g/mol. The topological polar surface area (TPSA) is 58.0 Å². The summed E-state index contributed by atoms with van der Waals surface area (Å²) in [6.07, 6.45) is -1.46. The van der Waals surface area contributed by atoms with Gasteiger partial charge in [-0.1, -0.05) is 5.76 Å². The van der Waals surface area contributed by atoms with Gasteiger partial charge in [0.15, 0.2) is 5.78 Å². The third kappa shape index (κ3) is 3.90. The van der Waals surface area contributed by atoms with Gasteiger partial charge in [-0.3, -0.25) is 9.48 Å². The minimum atomic E-state index is -3.15. The fourth-order valence-electron chi connectivity index (χ4n) is 1.28. The van der Waals surface area contributed by atoms with Crippen molar-refractivity contribution >= 4 is 5.78 Å². The van der Waals surface area contributed by atoms with Crippen molar-refractivity contribution in [3.63, 3.8) is 0 Å². The number of carbonyl (C=O) groups excluding carboxylic acids is 1. The van der Waals surface area contributed by atoms with Gasteiger partial charge in [-0.05, 0) is 19.9 Å². The summed E-state index contributed by atoms with van der Waals surface area (Å²) < 4.78 is 25.4. The van der Waals surface area contributed by atoms with Gasteiger partial charge in [0.05, 0.1) is 11.8 Å². The van der Waals surface area contributed by atoms with Crippen LogP contribution in [0.2, 0.25) is 0 Å². The Morgan fingerprint density at radius 3 is 2.65 bits per heavy atom. The van der Waals surface area contributed by atoms with Gasteiger partial charge in [-0.25, -0.2) is 8.78 Å². The van der Waals surface area contributed by atoms with Gasteiger partial charge < -0.3 is 5.11 Å². The van der Waals surface area contributed by atoms with Gasteiger partial charge in [0, 0.05) is 12.2 Å². The van der Waals surface area contributed by atoms with E-state index in [0.29, 0.717) is 18.3 Å². The number of hydrogen-bond donors (Lipinski definition) is 0. The van der Waals surface area contributed by atoms with E-state index in [1.807, 2.05) is 6.92 Å². The molecule has 0 bridgehead atoms. The van der Waals surface area contributed by atoms with Gasteiger partial charge in [-0.2, -0.15) is 5.10 Å². The number of rotatable bonds is 4. The average molecular weight is 252 g/mol. The first-order valence-corrected chi connectivity index (χ1v) is 4.70. The number of halogens is 2. The van der Waals surface area contributed by atoms with Crippen LogP contribution in [0.1, 0.15) is 23.0 Å². The van der Waals surface area contributed by atoms with Crippen molar-refractivity contribution in [2.24, 2.45) is 0 Å². The Morgan fingerprint density at radius 2 is 2.24 bits per heavy atom. The number of hydrogen-bond acceptors (Lipinski definition) is 3. The van der Waals surface area contributed by atoms with Gasteiger partial charge in [0.25, 0.3) is 0 Å². The van der Waals surface area contributed by atoms with Gasteiger partial charge >= 0.3 is 29.6 Å². The number of ketones is 1. The summed E-state index contributed by atoms with van der Waals surface area (Å²) in [6.45, 7) is 4.05. The predicted octanol–water partition coefficient (Wildman–Crippen LogP) is -2.09. The number of aryl methyl sites for hydroxylation is 1. The molecule has 0 aliphatic carbocycles. The number of aromatic nitrogens is 2. The van der Waals surface area contributed by atoms with E-state index in [0.717, 1.165) is 0 Å². The second-order valence-corrected chi connectivity index (χ2v) is 3.17. The van der Waals surface area contributed by atoms with E-state index in [1.165, 1.54) is 6.20 Å². The van der Waals surface area contributed by atoms with Crippen molar-refractivity contribution < 1.29 is 48.2 Å². The first-order chi connectivity index (χ1) is 7.47. The molecule has 0 unspecified atom stereocenters. The van der Waals surface area contributed by atoms with E-state index in [2.05, 4.69) is 5.10 Å². The van der Waals surface area contributed by atoms with Crippen LogP contribution in [-0.4, -0.2) is 22.0 Å². The van der Waals surface area contributed by atoms with Crippen LogP contribution >= 0.6 is 0 Å². The molecule has 0 spiro atoms. The Bertz CT molecular complexity index is 430. The first kappa shape index (κ1) is 16.3. The van der Waals surface area contributed by atoms with Gasteiger partial charge in [-0.15, -0.1) is 0 Å². The molecular formula is C10H11F2N2NaO2. The average Bonchev–Trinajstić information content (AvgIpc) is 2.59. The zero-order valence-corrected chi connectivity index (χ0v) is 11.9. The summed E-state index contributed by atoms with van der Waals surface area (Å²) in [6, 6.07) is 0. The summed E-state index contributed by atoms with van der Waals surface area (Å²) in [4.78, 5) is 11.4. The van der Waals surface area contributed by atoms with E-state index >= 15 is 0 Å². The quantitative estimate of drug-likeness (QED) is 0.267. The largest absolute Gasteiger partial charge is 1.00 e. The zero-order valence-electron chi connectivity index (χ0n) is 9.91. The molecule has 0 aliphatic rings. The Kier molecular flexibility index (Phi) is 6.59. The minimum absolute atomic E-state index is 0. The molecule has 1 rings (SSSR count). The zero-order chi connectivity index (χ0) is 12.3. The minimum Gasteiger partial charge on any atom is -0.872 e. The van der Waals surface area contributed by atoms with Crippen molar-refractivity contribution in [3.05, 3.63) is 29.3 Å². The molecule has 1 aromatic rings. The predicted molar refractivity (Wildman–Crippen MR) is 51.1 cm³/mol. The van der Waals surface area contributed by atoms with Crippen LogP contribution < -0.4 is 34.7 Å². The van der Waals surface area contributed by atoms with E-state index in [1.54, 1.807) is 11.6 Å². The van der Waals surface area contributed by atoms with Crippen molar-refractivity contribution in [2.75, 3.05) is 0 Å². The number of nitrogens with zero attached hydrogens (tertiary/aromatic N) is 2.